The van der Waals surface area contributed by atoms with Crippen LogP contribution in [0.2, 0.25) is 5.02 Å². The molecule has 1 fully saturated rings. The number of likely N-dealkylation sites (tertiary alicyclic amines) is 1. The molecule has 1 amide bonds. The molecule has 2 heterocycles. The van der Waals surface area contributed by atoms with Gasteiger partial charge in [-0.15, -0.1) is 0 Å². The topological polar surface area (TPSA) is 45.2 Å². The quantitative estimate of drug-likeness (QED) is 0.910. The molecule has 1 aromatic heterocycles. The highest BCUT2D eigenvalue weighted by Gasteiger charge is 2.21. The van der Waals surface area contributed by atoms with Crippen molar-refractivity contribution in [3.8, 4) is 0 Å². The van der Waals surface area contributed by atoms with Gasteiger partial charge in [-0.3, -0.25) is 9.78 Å². The number of anilines is 2. The zero-order valence-electron chi connectivity index (χ0n) is 13.1. The van der Waals surface area contributed by atoms with Crippen LogP contribution in [-0.4, -0.2) is 28.9 Å². The van der Waals surface area contributed by atoms with Crippen LogP contribution in [-0.2, 0) is 0 Å². The Morgan fingerprint density at radius 1 is 1.17 bits per heavy atom. The third kappa shape index (κ3) is 4.02. The van der Waals surface area contributed by atoms with Crippen LogP contribution in [0.25, 0.3) is 0 Å². The van der Waals surface area contributed by atoms with E-state index in [1.54, 1.807) is 12.4 Å². The molecule has 0 spiro atoms. The lowest BCUT2D eigenvalue weighted by Gasteiger charge is -2.30. The second-order valence-electron chi connectivity index (χ2n) is 6.07. The first-order valence-electron chi connectivity index (χ1n) is 7.89. The van der Waals surface area contributed by atoms with Gasteiger partial charge in [0.1, 0.15) is 0 Å². The fourth-order valence-electron chi connectivity index (χ4n) is 2.72. The molecule has 0 aliphatic carbocycles. The number of nitrogens with one attached hydrogen (secondary N) is 1. The molecular formula is C18H20ClN3O. The lowest BCUT2D eigenvalue weighted by Crippen LogP contribution is -2.37. The van der Waals surface area contributed by atoms with Gasteiger partial charge in [-0.2, -0.15) is 0 Å². The van der Waals surface area contributed by atoms with Crippen molar-refractivity contribution in [2.45, 2.75) is 19.8 Å². The van der Waals surface area contributed by atoms with Gasteiger partial charge in [-0.1, -0.05) is 18.5 Å². The summed E-state index contributed by atoms with van der Waals surface area (Å²) in [6.07, 6.45) is 5.49. The van der Waals surface area contributed by atoms with Crippen molar-refractivity contribution in [1.82, 2.24) is 9.88 Å². The molecule has 3 rings (SSSR count). The molecule has 0 saturated carbocycles. The van der Waals surface area contributed by atoms with E-state index in [1.165, 1.54) is 0 Å². The standard InChI is InChI=1S/C18H20ClN3O/c1-13-6-8-22(9-7-13)18(23)14-10-17(12-20-11-14)21-16-4-2-15(19)3-5-16/h2-5,10-13,21H,6-9H2,1H3. The number of rotatable bonds is 3. The van der Waals surface area contributed by atoms with E-state index >= 15 is 0 Å². The average Bonchev–Trinajstić information content (AvgIpc) is 2.57. The van der Waals surface area contributed by atoms with Crippen molar-refractivity contribution in [3.05, 3.63) is 53.3 Å². The zero-order chi connectivity index (χ0) is 16.2. The number of piperidine rings is 1. The summed E-state index contributed by atoms with van der Waals surface area (Å²) in [5.41, 5.74) is 2.33. The molecule has 0 atom stereocenters. The Morgan fingerprint density at radius 2 is 1.87 bits per heavy atom. The van der Waals surface area contributed by atoms with E-state index in [-0.39, 0.29) is 5.91 Å². The lowest BCUT2D eigenvalue weighted by molar-refractivity contribution is 0.0697. The van der Waals surface area contributed by atoms with Gasteiger partial charge in [0.2, 0.25) is 0 Å². The Morgan fingerprint density at radius 3 is 2.57 bits per heavy atom. The monoisotopic (exact) mass is 329 g/mol. The fraction of sp³-hybridized carbons (Fsp3) is 0.333. The summed E-state index contributed by atoms with van der Waals surface area (Å²) in [6, 6.07) is 9.27. The maximum atomic E-state index is 12.6. The number of benzene rings is 1. The van der Waals surface area contributed by atoms with Crippen molar-refractivity contribution in [2.24, 2.45) is 5.92 Å². The molecule has 1 saturated heterocycles. The summed E-state index contributed by atoms with van der Waals surface area (Å²) < 4.78 is 0. The molecular weight excluding hydrogens is 310 g/mol. The number of amides is 1. The minimum absolute atomic E-state index is 0.0594. The third-order valence-corrected chi connectivity index (χ3v) is 4.44. The van der Waals surface area contributed by atoms with Gasteiger partial charge in [-0.25, -0.2) is 0 Å². The Kier molecular flexibility index (Phi) is 4.82. The van der Waals surface area contributed by atoms with Gasteiger partial charge in [0.15, 0.2) is 0 Å². The Hall–Kier alpha value is -2.07. The summed E-state index contributed by atoms with van der Waals surface area (Å²) in [6.45, 7) is 3.89. The number of nitrogens with zero attached hydrogens (tertiary/aromatic N) is 2. The summed E-state index contributed by atoms with van der Waals surface area (Å²) in [7, 11) is 0. The number of hydrogen-bond donors (Lipinski definition) is 1. The van der Waals surface area contributed by atoms with E-state index in [4.69, 9.17) is 11.6 Å². The zero-order valence-corrected chi connectivity index (χ0v) is 13.9. The third-order valence-electron chi connectivity index (χ3n) is 4.19. The number of carbonyl (C=O) groups is 1. The van der Waals surface area contributed by atoms with E-state index in [0.717, 1.165) is 37.3 Å². The van der Waals surface area contributed by atoms with Crippen LogP contribution < -0.4 is 5.32 Å². The van der Waals surface area contributed by atoms with Crippen molar-refractivity contribution >= 4 is 28.9 Å². The molecule has 1 aromatic carbocycles. The molecule has 23 heavy (non-hydrogen) atoms. The Labute approximate surface area is 141 Å². The van der Waals surface area contributed by atoms with Crippen LogP contribution in [0.1, 0.15) is 30.1 Å². The number of carbonyl (C=O) groups excluding carboxylic acids is 1. The number of pyridine rings is 1. The van der Waals surface area contributed by atoms with Crippen LogP contribution in [0, 0.1) is 5.92 Å². The highest BCUT2D eigenvalue weighted by molar-refractivity contribution is 6.30. The summed E-state index contributed by atoms with van der Waals surface area (Å²) >= 11 is 5.89. The molecule has 4 nitrogen and oxygen atoms in total. The minimum atomic E-state index is 0.0594. The van der Waals surface area contributed by atoms with Gasteiger partial charge >= 0.3 is 0 Å². The second-order valence-corrected chi connectivity index (χ2v) is 6.51. The maximum Gasteiger partial charge on any atom is 0.255 e. The first-order chi connectivity index (χ1) is 11.1. The molecule has 1 aliphatic rings. The molecule has 1 aliphatic heterocycles. The average molecular weight is 330 g/mol. The highest BCUT2D eigenvalue weighted by Crippen LogP contribution is 2.21. The molecule has 0 radical (unpaired) electrons. The minimum Gasteiger partial charge on any atom is -0.354 e. The first kappa shape index (κ1) is 15.8. The van der Waals surface area contributed by atoms with E-state index in [0.29, 0.717) is 16.5 Å². The molecule has 5 heteroatoms. The van der Waals surface area contributed by atoms with E-state index in [9.17, 15) is 4.79 Å². The predicted octanol–water partition coefficient (Wildman–Crippen LogP) is 4.35. The summed E-state index contributed by atoms with van der Waals surface area (Å²) in [5, 5.41) is 3.94. The first-order valence-corrected chi connectivity index (χ1v) is 8.26. The molecule has 0 bridgehead atoms. The van der Waals surface area contributed by atoms with Crippen LogP contribution in [0.3, 0.4) is 0 Å². The van der Waals surface area contributed by atoms with E-state index in [1.807, 2.05) is 35.2 Å². The van der Waals surface area contributed by atoms with Crippen molar-refractivity contribution < 1.29 is 4.79 Å². The van der Waals surface area contributed by atoms with Crippen molar-refractivity contribution in [1.29, 1.82) is 0 Å². The van der Waals surface area contributed by atoms with Crippen molar-refractivity contribution in [2.75, 3.05) is 18.4 Å². The number of aromatic nitrogens is 1. The van der Waals surface area contributed by atoms with Gasteiger partial charge in [0.25, 0.3) is 5.91 Å². The predicted molar refractivity (Wildman–Crippen MR) is 93.3 cm³/mol. The molecule has 2 aromatic rings. The highest BCUT2D eigenvalue weighted by atomic mass is 35.5. The lowest BCUT2D eigenvalue weighted by atomic mass is 9.99. The maximum absolute atomic E-state index is 12.6. The van der Waals surface area contributed by atoms with Gasteiger partial charge in [-0.05, 0) is 49.1 Å². The number of halogens is 1. The normalized spacial score (nSPS) is 15.5. The van der Waals surface area contributed by atoms with Crippen LogP contribution >= 0.6 is 11.6 Å². The van der Waals surface area contributed by atoms with Crippen LogP contribution in [0.15, 0.2) is 42.7 Å². The largest absolute Gasteiger partial charge is 0.354 e. The Balaban J connectivity index is 1.71. The molecule has 120 valence electrons. The Bertz CT molecular complexity index is 679. The van der Waals surface area contributed by atoms with Crippen LogP contribution in [0.5, 0.6) is 0 Å². The van der Waals surface area contributed by atoms with Gasteiger partial charge < -0.3 is 10.2 Å². The van der Waals surface area contributed by atoms with Crippen molar-refractivity contribution in [3.63, 3.8) is 0 Å². The second kappa shape index (κ2) is 7.01. The van der Waals surface area contributed by atoms with Gasteiger partial charge in [0, 0.05) is 30.0 Å². The van der Waals surface area contributed by atoms with E-state index < -0.39 is 0 Å². The molecule has 1 N–H and O–H groups in total. The SMILES string of the molecule is CC1CCN(C(=O)c2cncc(Nc3ccc(Cl)cc3)c2)CC1. The summed E-state index contributed by atoms with van der Waals surface area (Å²) in [4.78, 5) is 18.7. The molecule has 0 unspecified atom stereocenters. The fourth-order valence-corrected chi connectivity index (χ4v) is 2.85. The van der Waals surface area contributed by atoms with Gasteiger partial charge in [0.05, 0.1) is 17.4 Å². The smallest absolute Gasteiger partial charge is 0.255 e. The summed E-state index contributed by atoms with van der Waals surface area (Å²) in [5.74, 6) is 0.763. The van der Waals surface area contributed by atoms with E-state index in [2.05, 4.69) is 17.2 Å². The van der Waals surface area contributed by atoms with Crippen LogP contribution in [0.4, 0.5) is 11.4 Å². The number of hydrogen-bond acceptors (Lipinski definition) is 3.